The van der Waals surface area contributed by atoms with Gasteiger partial charge >= 0.3 is 0 Å². The fourth-order valence-electron chi connectivity index (χ4n) is 8.42. The lowest BCUT2D eigenvalue weighted by atomic mass is 9.87. The third kappa shape index (κ3) is 10.6. The number of ketones is 1. The highest BCUT2D eigenvalue weighted by Gasteiger charge is 2.43. The molecule has 1 unspecified atom stereocenters. The van der Waals surface area contributed by atoms with Crippen molar-refractivity contribution in [1.82, 2.24) is 30.8 Å². The molecule has 2 aliphatic heterocycles. The fourth-order valence-corrected chi connectivity index (χ4v) is 9.30. The summed E-state index contributed by atoms with van der Waals surface area (Å²) in [4.78, 5) is 53.9. The van der Waals surface area contributed by atoms with E-state index in [0.717, 1.165) is 33.6 Å². The smallest absolute Gasteiger partial charge is 0.257 e. The Bertz CT molecular complexity index is 2240. The summed E-state index contributed by atoms with van der Waals surface area (Å²) in [6.45, 7) is 9.37. The molecule has 4 heterocycles. The normalized spacial score (nSPS) is 19.9. The number of carbonyl (C=O) groups excluding carboxylic acids is 3. The Hall–Kier alpha value is -4.94. The minimum atomic E-state index is -1.20. The lowest BCUT2D eigenvalue weighted by molar-refractivity contribution is -0.130. The Balaban J connectivity index is 0.888. The molecule has 17 heteroatoms. The number of Topliss-reactive ketones (excluding diaryl/α,β-unsaturated/α-hetero) is 1. The number of amides is 2. The number of anilines is 1. The van der Waals surface area contributed by atoms with E-state index in [9.17, 15) is 32.7 Å². The van der Waals surface area contributed by atoms with Crippen LogP contribution in [0.25, 0.3) is 11.3 Å². The van der Waals surface area contributed by atoms with Crippen LogP contribution in [0.4, 0.5) is 18.3 Å². The number of aliphatic hydroxyl groups is 1. The number of hydrogen-bond acceptors (Lipinski definition) is 12. The molecule has 2 saturated heterocycles. The molecule has 1 aliphatic carbocycles. The van der Waals surface area contributed by atoms with Crippen molar-refractivity contribution in [2.75, 3.05) is 70.5 Å². The van der Waals surface area contributed by atoms with Crippen molar-refractivity contribution in [3.05, 3.63) is 93.4 Å². The number of ether oxygens (including phenoxy) is 2. The van der Waals surface area contributed by atoms with Crippen molar-refractivity contribution >= 4 is 34.1 Å². The number of nitrogens with one attached hydrogen (secondary N) is 3. The number of piperazine rings is 1. The molecule has 13 nitrogen and oxygen atoms in total. The van der Waals surface area contributed by atoms with Crippen molar-refractivity contribution in [2.24, 2.45) is 0 Å². The van der Waals surface area contributed by atoms with E-state index in [-0.39, 0.29) is 54.6 Å². The lowest BCUT2D eigenvalue weighted by Gasteiger charge is -2.38. The highest BCUT2D eigenvalue weighted by Crippen LogP contribution is 2.46. The molecule has 3 aliphatic rings. The number of aliphatic hydroxyl groups excluding tert-OH is 1. The molecule has 4 aromatic rings. The minimum absolute atomic E-state index is 0.00728. The molecule has 0 radical (unpaired) electrons. The number of morpholine rings is 1. The van der Waals surface area contributed by atoms with Crippen LogP contribution < -0.4 is 25.6 Å². The Morgan fingerprint density at radius 2 is 1.77 bits per heavy atom. The largest absolute Gasteiger partial charge is 0.480 e. The highest BCUT2D eigenvalue weighted by molar-refractivity contribution is 7.14. The standard InChI is InChI=1S/C45H54F3N7O6S/c1-27-22-55(23-38(57)33-20-45(2,3)42-32(33)19-29(35(24-56)52-42)18-28-6-8-30(46)9-7-28)37(21-51-27)43(59)50-13-5-4-12-49-39(58)25-61-41-31(10-11-34(47)40(41)48)36-26-62-44(53-36)54-14-16-60-17-15-54/h6-11,19,26-27,33,37,51,56H,4-5,12-18,20-25H2,1-3H3,(H,49,58)(H,50,59)/t27-,33?,37-/m1/s1. The third-order valence-electron chi connectivity index (χ3n) is 11.7. The summed E-state index contributed by atoms with van der Waals surface area (Å²) in [5.74, 6) is -4.19. The van der Waals surface area contributed by atoms with Crippen LogP contribution in [0.3, 0.4) is 0 Å². The summed E-state index contributed by atoms with van der Waals surface area (Å²) < 4.78 is 53.8. The number of benzene rings is 2. The summed E-state index contributed by atoms with van der Waals surface area (Å²) in [7, 11) is 0. The molecular formula is C45H54F3N7O6S. The number of carbonyl (C=O) groups is 3. The summed E-state index contributed by atoms with van der Waals surface area (Å²) in [6.07, 6.45) is 2.06. The van der Waals surface area contributed by atoms with E-state index in [0.29, 0.717) is 83.0 Å². The zero-order valence-electron chi connectivity index (χ0n) is 35.3. The van der Waals surface area contributed by atoms with E-state index in [1.54, 1.807) is 17.5 Å². The van der Waals surface area contributed by atoms with Gasteiger partial charge in [-0.3, -0.25) is 24.3 Å². The molecular weight excluding hydrogens is 824 g/mol. The first kappa shape index (κ1) is 45.1. The average Bonchev–Trinajstić information content (AvgIpc) is 3.85. The zero-order chi connectivity index (χ0) is 44.0. The van der Waals surface area contributed by atoms with Crippen molar-refractivity contribution in [1.29, 1.82) is 0 Å². The second-order valence-corrected chi connectivity index (χ2v) is 17.7. The van der Waals surface area contributed by atoms with Crippen LogP contribution in [0.15, 0.2) is 47.8 Å². The number of nitrogens with zero attached hydrogens (tertiary/aromatic N) is 4. The molecule has 62 heavy (non-hydrogen) atoms. The molecule has 3 atom stereocenters. The van der Waals surface area contributed by atoms with Gasteiger partial charge in [0.1, 0.15) is 11.9 Å². The van der Waals surface area contributed by atoms with Crippen molar-refractivity contribution < 1.29 is 42.1 Å². The van der Waals surface area contributed by atoms with Gasteiger partial charge in [0.05, 0.1) is 43.4 Å². The van der Waals surface area contributed by atoms with Crippen LogP contribution in [-0.4, -0.2) is 115 Å². The van der Waals surface area contributed by atoms with Gasteiger partial charge in [-0.05, 0) is 73.6 Å². The van der Waals surface area contributed by atoms with Crippen LogP contribution in [0.1, 0.15) is 74.0 Å². The Morgan fingerprint density at radius 1 is 1.03 bits per heavy atom. The minimum Gasteiger partial charge on any atom is -0.480 e. The SMILES string of the molecule is C[C@@H]1CN(CC(=O)C2CC(C)(C)c3nc(CO)c(Cc4ccc(F)cc4)cc32)[C@@H](C(=O)NCCCCNC(=O)COc2c(-c3csc(N4CCOCC4)n3)ccc(F)c2F)CN1. The summed E-state index contributed by atoms with van der Waals surface area (Å²) in [5, 5.41) is 21.8. The quantitative estimate of drug-likeness (QED) is 0.110. The number of fused-ring (bicyclic) bond motifs is 1. The maximum absolute atomic E-state index is 15.0. The van der Waals surface area contributed by atoms with Crippen LogP contribution in [0.5, 0.6) is 5.75 Å². The van der Waals surface area contributed by atoms with E-state index >= 15 is 0 Å². The van der Waals surface area contributed by atoms with Gasteiger partial charge < -0.3 is 35.4 Å². The van der Waals surface area contributed by atoms with E-state index in [1.807, 2.05) is 31.7 Å². The van der Waals surface area contributed by atoms with E-state index in [2.05, 4.69) is 25.8 Å². The first-order chi connectivity index (χ1) is 29.8. The predicted octanol–water partition coefficient (Wildman–Crippen LogP) is 4.63. The number of aromatic nitrogens is 2. The third-order valence-corrected chi connectivity index (χ3v) is 12.6. The van der Waals surface area contributed by atoms with Gasteiger partial charge in [-0.15, -0.1) is 11.3 Å². The maximum atomic E-state index is 15.0. The molecule has 4 N–H and O–H groups in total. The molecule has 0 spiro atoms. The maximum Gasteiger partial charge on any atom is 0.257 e. The van der Waals surface area contributed by atoms with Gasteiger partial charge in [-0.25, -0.2) is 13.8 Å². The highest BCUT2D eigenvalue weighted by atomic mass is 32.1. The Kier molecular flexibility index (Phi) is 14.6. The number of rotatable bonds is 17. The van der Waals surface area contributed by atoms with E-state index in [4.69, 9.17) is 14.5 Å². The Morgan fingerprint density at radius 3 is 2.52 bits per heavy atom. The van der Waals surface area contributed by atoms with Crippen molar-refractivity contribution in [3.63, 3.8) is 0 Å². The van der Waals surface area contributed by atoms with Gasteiger partial charge in [-0.2, -0.15) is 4.39 Å². The molecule has 2 amide bonds. The topological polar surface area (TPSA) is 158 Å². The Labute approximate surface area is 363 Å². The van der Waals surface area contributed by atoms with Crippen LogP contribution in [-0.2, 0) is 37.6 Å². The fraction of sp³-hybridized carbons (Fsp3) is 0.489. The first-order valence-electron chi connectivity index (χ1n) is 21.1. The molecule has 332 valence electrons. The number of unbranched alkanes of at least 4 members (excludes halogenated alkanes) is 1. The van der Waals surface area contributed by atoms with Gasteiger partial charge in [0.2, 0.25) is 11.7 Å². The lowest BCUT2D eigenvalue weighted by Crippen LogP contribution is -2.61. The van der Waals surface area contributed by atoms with Crippen LogP contribution in [0, 0.1) is 17.5 Å². The second-order valence-electron chi connectivity index (χ2n) is 16.8. The summed E-state index contributed by atoms with van der Waals surface area (Å²) in [6, 6.07) is 10.0. The molecule has 2 fully saturated rings. The molecule has 0 saturated carbocycles. The second kappa shape index (κ2) is 20.1. The molecule has 2 aromatic carbocycles. The summed E-state index contributed by atoms with van der Waals surface area (Å²) in [5.41, 5.74) is 4.05. The van der Waals surface area contributed by atoms with E-state index < -0.39 is 41.5 Å². The predicted molar refractivity (Wildman–Crippen MR) is 229 cm³/mol. The van der Waals surface area contributed by atoms with Gasteiger partial charge in [0, 0.05) is 67.6 Å². The van der Waals surface area contributed by atoms with Crippen LogP contribution in [0.2, 0.25) is 0 Å². The molecule has 7 rings (SSSR count). The average molecular weight is 878 g/mol. The van der Waals surface area contributed by atoms with Crippen LogP contribution >= 0.6 is 11.3 Å². The molecule has 2 aromatic heterocycles. The zero-order valence-corrected chi connectivity index (χ0v) is 36.1. The monoisotopic (exact) mass is 877 g/mol. The van der Waals surface area contributed by atoms with Crippen molar-refractivity contribution in [2.45, 2.75) is 76.5 Å². The number of halogens is 3. The van der Waals surface area contributed by atoms with E-state index in [1.165, 1.54) is 29.5 Å². The molecule has 0 bridgehead atoms. The number of thiazole rings is 1. The van der Waals surface area contributed by atoms with Gasteiger partial charge in [0.25, 0.3) is 5.91 Å². The van der Waals surface area contributed by atoms with Gasteiger partial charge in [0.15, 0.2) is 29.1 Å². The first-order valence-corrected chi connectivity index (χ1v) is 22.0. The number of pyridine rings is 1. The van der Waals surface area contributed by atoms with Gasteiger partial charge in [-0.1, -0.05) is 32.0 Å². The number of hydrogen-bond donors (Lipinski definition) is 4. The summed E-state index contributed by atoms with van der Waals surface area (Å²) >= 11 is 1.38. The van der Waals surface area contributed by atoms with Crippen molar-refractivity contribution in [3.8, 4) is 17.0 Å².